The van der Waals surface area contributed by atoms with Gasteiger partial charge in [-0.25, -0.2) is 8.78 Å². The molecular weight excluding hydrogens is 536 g/mol. The minimum Gasteiger partial charge on any atom is -0.598 e. The zero-order valence-corrected chi connectivity index (χ0v) is 23.6. The molecule has 37 heavy (non-hydrogen) atoms. The highest BCUT2D eigenvalue weighted by Crippen LogP contribution is 2.40. The molecule has 0 aliphatic carbocycles. The van der Waals surface area contributed by atoms with Crippen LogP contribution in [-0.2, 0) is 17.8 Å². The highest BCUT2D eigenvalue weighted by atomic mass is 32.2. The average Bonchev–Trinajstić information content (AvgIpc) is 2.70. The summed E-state index contributed by atoms with van der Waals surface area (Å²) in [4.78, 5) is 10.6. The molecule has 0 saturated heterocycles. The van der Waals surface area contributed by atoms with Crippen LogP contribution in [0.15, 0.2) is 36.4 Å². The summed E-state index contributed by atoms with van der Waals surface area (Å²) in [7, 11) is -2.65. The van der Waals surface area contributed by atoms with E-state index in [9.17, 15) is 31.3 Å². The first kappa shape index (κ1) is 31.5. The van der Waals surface area contributed by atoms with Crippen molar-refractivity contribution in [1.82, 2.24) is 4.72 Å². The number of halogens is 6. The van der Waals surface area contributed by atoms with E-state index in [0.717, 1.165) is 18.2 Å². The normalized spacial score (nSPS) is 15.1. The molecule has 0 saturated carbocycles. The Hall–Kier alpha value is -1.73. The smallest absolute Gasteiger partial charge is 0.461 e. The third-order valence-electron chi connectivity index (χ3n) is 6.22. The third kappa shape index (κ3) is 8.12. The van der Waals surface area contributed by atoms with Crippen molar-refractivity contribution in [2.24, 2.45) is 0 Å². The van der Waals surface area contributed by atoms with Crippen molar-refractivity contribution < 1.29 is 40.4 Å². The molecule has 0 aliphatic heterocycles. The van der Waals surface area contributed by atoms with Crippen molar-refractivity contribution in [3.8, 4) is 5.75 Å². The zero-order valence-electron chi connectivity index (χ0n) is 21.8. The molecule has 0 aliphatic rings. The molecule has 0 unspecified atom stereocenters. The van der Waals surface area contributed by atoms with Gasteiger partial charge in [-0.05, 0) is 80.2 Å². The fourth-order valence-electron chi connectivity index (χ4n) is 3.20. The summed E-state index contributed by atoms with van der Waals surface area (Å²) in [6.07, 6.45) is -8.78. The maximum absolute atomic E-state index is 15.2. The minimum atomic E-state index is -4.87. The Kier molecular flexibility index (Phi) is 9.50. The van der Waals surface area contributed by atoms with Gasteiger partial charge in [0.15, 0.2) is 8.32 Å². The maximum Gasteiger partial charge on any atom is 0.461 e. The van der Waals surface area contributed by atoms with Crippen molar-refractivity contribution in [2.75, 3.05) is 0 Å². The lowest BCUT2D eigenvalue weighted by Crippen LogP contribution is -2.41. The van der Waals surface area contributed by atoms with Crippen molar-refractivity contribution in [2.45, 2.75) is 82.5 Å². The van der Waals surface area contributed by atoms with Crippen LogP contribution in [0.5, 0.6) is 5.75 Å². The van der Waals surface area contributed by atoms with Gasteiger partial charge in [0.05, 0.1) is 0 Å². The molecule has 0 heterocycles. The van der Waals surface area contributed by atoms with Crippen LogP contribution in [0, 0.1) is 11.6 Å². The fourth-order valence-corrected chi connectivity index (χ4v) is 4.67. The quantitative estimate of drug-likeness (QED) is 0.186. The Labute approximate surface area is 217 Å². The van der Waals surface area contributed by atoms with Crippen LogP contribution in [0.2, 0.25) is 18.1 Å². The van der Waals surface area contributed by atoms with Gasteiger partial charge in [-0.3, -0.25) is 0 Å². The van der Waals surface area contributed by atoms with Crippen LogP contribution >= 0.6 is 0 Å². The monoisotopic (exact) mass is 569 g/mol. The lowest BCUT2D eigenvalue weighted by molar-refractivity contribution is -0.253. The van der Waals surface area contributed by atoms with Crippen molar-refractivity contribution in [1.29, 1.82) is 0 Å². The molecule has 0 amide bonds. The van der Waals surface area contributed by atoms with E-state index >= 15 is 4.39 Å². The lowest BCUT2D eigenvalue weighted by Gasteiger charge is -2.35. The van der Waals surface area contributed by atoms with E-state index in [1.165, 1.54) is 12.1 Å². The van der Waals surface area contributed by atoms with Crippen LogP contribution in [0.3, 0.4) is 0 Å². The molecule has 0 bridgehead atoms. The van der Waals surface area contributed by atoms with Crippen LogP contribution in [-0.4, -0.2) is 34.9 Å². The van der Waals surface area contributed by atoms with Gasteiger partial charge in [0, 0.05) is 17.4 Å². The Morgan fingerprint density at radius 3 is 2.08 bits per heavy atom. The number of hydrogen-bond acceptors (Lipinski definition) is 4. The molecule has 4 nitrogen and oxygen atoms in total. The van der Waals surface area contributed by atoms with Crippen LogP contribution in [0.4, 0.5) is 26.3 Å². The van der Waals surface area contributed by atoms with Gasteiger partial charge in [-0.1, -0.05) is 26.0 Å². The average molecular weight is 570 g/mol. The molecule has 0 aromatic heterocycles. The van der Waals surface area contributed by atoms with E-state index in [1.807, 2.05) is 13.8 Å². The number of hydrogen-bond donors (Lipinski definition) is 2. The molecule has 2 aromatic carbocycles. The Balaban J connectivity index is 2.56. The second-order valence-corrected chi connectivity index (χ2v) is 17.6. The van der Waals surface area contributed by atoms with E-state index in [-0.39, 0.29) is 17.5 Å². The van der Waals surface area contributed by atoms with E-state index in [1.54, 1.807) is 33.9 Å². The van der Waals surface area contributed by atoms with Gasteiger partial charge >= 0.3 is 12.5 Å². The lowest BCUT2D eigenvalue weighted by atomic mass is 9.95. The highest BCUT2D eigenvalue weighted by Gasteiger charge is 2.44. The SMILES string of the molecule is CC(C)(C)[S@@+]([O-])N[C@@H](c1cc(F)cc(OC(F)(F)C(F)F)c1)c1ccc(CC(C)(C)[Si](C)(C)O)c(F)c1. The van der Waals surface area contributed by atoms with Gasteiger partial charge in [-0.15, -0.1) is 4.72 Å². The topological polar surface area (TPSA) is 64.5 Å². The molecule has 12 heteroatoms. The van der Waals surface area contributed by atoms with Gasteiger partial charge in [0.2, 0.25) is 0 Å². The third-order valence-corrected chi connectivity index (χ3v) is 11.3. The summed E-state index contributed by atoms with van der Waals surface area (Å²) >= 11 is -1.78. The second-order valence-electron chi connectivity index (χ2n) is 11.1. The molecule has 0 spiro atoms. The fraction of sp³-hybridized carbons (Fsp3) is 0.520. The van der Waals surface area contributed by atoms with Crippen molar-refractivity contribution in [3.63, 3.8) is 0 Å². The summed E-state index contributed by atoms with van der Waals surface area (Å²) in [5.41, 5.74) is 0.419. The Bertz CT molecular complexity index is 1090. The number of ether oxygens (including phenoxy) is 1. The van der Waals surface area contributed by atoms with Gasteiger partial charge in [0.25, 0.3) is 0 Å². The Morgan fingerprint density at radius 2 is 1.59 bits per heavy atom. The molecular formula is C25H33F6NO3SSi. The van der Waals surface area contributed by atoms with Crippen molar-refractivity contribution in [3.05, 3.63) is 64.7 Å². The maximum atomic E-state index is 15.2. The molecule has 208 valence electrons. The standard InChI is InChI=1S/C25H33F6NO3SSi/c1-23(2,3)36(33)32-21(17-10-18(26)13-19(11-17)35-25(30,31)22(28)29)15-8-9-16(20(27)12-15)14-24(4,5)37(6,7)34/h8-13,21-22,32,34H,14H2,1-7H3/t21-,36-/m1/s1. The number of nitrogens with one attached hydrogen (secondary N) is 1. The molecule has 2 aromatic rings. The molecule has 2 rings (SSSR count). The van der Waals surface area contributed by atoms with Crippen molar-refractivity contribution >= 4 is 19.7 Å². The van der Waals surface area contributed by atoms with E-state index < -0.39 is 65.4 Å². The number of rotatable bonds is 10. The zero-order chi connectivity index (χ0) is 28.6. The number of benzene rings is 2. The summed E-state index contributed by atoms with van der Waals surface area (Å²) in [6, 6.07) is 5.34. The molecule has 2 N–H and O–H groups in total. The van der Waals surface area contributed by atoms with Gasteiger partial charge < -0.3 is 14.1 Å². The Morgan fingerprint density at radius 1 is 1.00 bits per heavy atom. The van der Waals surface area contributed by atoms with E-state index in [4.69, 9.17) is 0 Å². The summed E-state index contributed by atoms with van der Waals surface area (Å²) < 4.78 is 101. The number of alkyl halides is 4. The van der Waals surface area contributed by atoms with Crippen LogP contribution in [0.25, 0.3) is 0 Å². The van der Waals surface area contributed by atoms with Crippen LogP contribution < -0.4 is 9.46 Å². The first-order valence-corrected chi connectivity index (χ1v) is 15.6. The van der Waals surface area contributed by atoms with Gasteiger partial charge in [0.1, 0.15) is 28.2 Å². The molecule has 0 fully saturated rings. The summed E-state index contributed by atoms with van der Waals surface area (Å²) in [5.74, 6) is -2.57. The van der Waals surface area contributed by atoms with E-state index in [2.05, 4.69) is 9.46 Å². The highest BCUT2D eigenvalue weighted by molar-refractivity contribution is 7.90. The molecule has 0 radical (unpaired) electrons. The summed E-state index contributed by atoms with van der Waals surface area (Å²) in [6.45, 7) is 12.2. The largest absolute Gasteiger partial charge is 0.598 e. The predicted octanol–water partition coefficient (Wildman–Crippen LogP) is 6.86. The first-order valence-electron chi connectivity index (χ1n) is 11.5. The van der Waals surface area contributed by atoms with Gasteiger partial charge in [-0.2, -0.15) is 17.6 Å². The first-order chi connectivity index (χ1) is 16.6. The second kappa shape index (κ2) is 11.2. The van der Waals surface area contributed by atoms with Crippen LogP contribution in [0.1, 0.15) is 57.4 Å². The minimum absolute atomic E-state index is 0.0888. The van der Waals surface area contributed by atoms with E-state index in [0.29, 0.717) is 11.6 Å². The molecule has 2 atom stereocenters. The predicted molar refractivity (Wildman–Crippen MR) is 135 cm³/mol. The summed E-state index contributed by atoms with van der Waals surface area (Å²) in [5, 5.41) is -0.564.